The van der Waals surface area contributed by atoms with E-state index in [1.807, 2.05) is 32.7 Å². The molecule has 2 rings (SSSR count). The van der Waals surface area contributed by atoms with E-state index in [0.29, 0.717) is 12.5 Å². The minimum absolute atomic E-state index is 0.0217. The van der Waals surface area contributed by atoms with E-state index in [4.69, 9.17) is 4.74 Å². The Morgan fingerprint density at radius 2 is 2.00 bits per heavy atom. The SMILES string of the molecule is CN(CC1CCN(CC2CNC(=O)CO2)CC1)C(=O)C(C)(C)C. The van der Waals surface area contributed by atoms with Crippen LogP contribution in [-0.4, -0.2) is 74.1 Å². The smallest absolute Gasteiger partial charge is 0.246 e. The lowest BCUT2D eigenvalue weighted by atomic mass is 9.92. The number of hydrogen-bond acceptors (Lipinski definition) is 4. The van der Waals surface area contributed by atoms with E-state index in [2.05, 4.69) is 10.2 Å². The molecular formula is C17H31N3O3. The fourth-order valence-corrected chi connectivity index (χ4v) is 3.33. The number of carbonyl (C=O) groups is 2. The third kappa shape index (κ3) is 5.46. The summed E-state index contributed by atoms with van der Waals surface area (Å²) in [5.74, 6) is 0.771. The van der Waals surface area contributed by atoms with Crippen LogP contribution in [0.4, 0.5) is 0 Å². The van der Waals surface area contributed by atoms with Crippen LogP contribution < -0.4 is 5.32 Å². The quantitative estimate of drug-likeness (QED) is 0.827. The third-order valence-electron chi connectivity index (χ3n) is 4.67. The second kappa shape index (κ2) is 7.62. The van der Waals surface area contributed by atoms with Gasteiger partial charge in [-0.1, -0.05) is 20.8 Å². The number of carbonyl (C=O) groups excluding carboxylic acids is 2. The summed E-state index contributed by atoms with van der Waals surface area (Å²) >= 11 is 0. The zero-order valence-electron chi connectivity index (χ0n) is 14.9. The predicted molar refractivity (Wildman–Crippen MR) is 89.0 cm³/mol. The number of likely N-dealkylation sites (tertiary alicyclic amines) is 1. The zero-order valence-corrected chi connectivity index (χ0v) is 14.9. The molecule has 0 bridgehead atoms. The van der Waals surface area contributed by atoms with Gasteiger partial charge in [-0.15, -0.1) is 0 Å². The molecule has 2 amide bonds. The summed E-state index contributed by atoms with van der Waals surface area (Å²) < 4.78 is 5.55. The van der Waals surface area contributed by atoms with Crippen LogP contribution >= 0.6 is 0 Å². The Morgan fingerprint density at radius 3 is 2.52 bits per heavy atom. The molecular weight excluding hydrogens is 294 g/mol. The van der Waals surface area contributed by atoms with Crippen LogP contribution in [-0.2, 0) is 14.3 Å². The molecule has 0 radical (unpaired) electrons. The van der Waals surface area contributed by atoms with Gasteiger partial charge < -0.3 is 19.9 Å². The molecule has 1 N–H and O–H groups in total. The molecule has 0 aromatic rings. The second-order valence-electron chi connectivity index (χ2n) is 7.92. The molecule has 0 saturated carbocycles. The molecule has 2 heterocycles. The largest absolute Gasteiger partial charge is 0.365 e. The van der Waals surface area contributed by atoms with Crippen LogP contribution in [0.3, 0.4) is 0 Å². The van der Waals surface area contributed by atoms with Crippen molar-refractivity contribution < 1.29 is 14.3 Å². The second-order valence-corrected chi connectivity index (χ2v) is 7.92. The highest BCUT2D eigenvalue weighted by Gasteiger charge is 2.29. The number of rotatable bonds is 4. The number of nitrogens with one attached hydrogen (secondary N) is 1. The molecule has 6 heteroatoms. The minimum atomic E-state index is -0.307. The summed E-state index contributed by atoms with van der Waals surface area (Å²) in [5.41, 5.74) is -0.307. The van der Waals surface area contributed by atoms with E-state index >= 15 is 0 Å². The Kier molecular flexibility index (Phi) is 6.03. The average molecular weight is 325 g/mol. The van der Waals surface area contributed by atoms with Crippen molar-refractivity contribution in [3.05, 3.63) is 0 Å². The van der Waals surface area contributed by atoms with Crippen molar-refractivity contribution >= 4 is 11.8 Å². The Bertz CT molecular complexity index is 415. The fourth-order valence-electron chi connectivity index (χ4n) is 3.33. The molecule has 2 aliphatic heterocycles. The molecule has 0 aromatic heterocycles. The van der Waals surface area contributed by atoms with Gasteiger partial charge in [0.05, 0.1) is 6.10 Å². The summed E-state index contributed by atoms with van der Waals surface area (Å²) in [6.07, 6.45) is 2.33. The molecule has 0 aliphatic carbocycles. The van der Waals surface area contributed by atoms with Crippen LogP contribution in [0, 0.1) is 11.3 Å². The maximum absolute atomic E-state index is 12.3. The van der Waals surface area contributed by atoms with Gasteiger partial charge in [-0.25, -0.2) is 0 Å². The van der Waals surface area contributed by atoms with Crippen molar-refractivity contribution in [1.29, 1.82) is 0 Å². The molecule has 1 atom stereocenters. The van der Waals surface area contributed by atoms with E-state index in [1.165, 1.54) is 0 Å². The molecule has 2 aliphatic rings. The Labute approximate surface area is 139 Å². The molecule has 2 saturated heterocycles. The van der Waals surface area contributed by atoms with Gasteiger partial charge in [0.25, 0.3) is 0 Å². The topological polar surface area (TPSA) is 61.9 Å². The first-order valence-electron chi connectivity index (χ1n) is 8.62. The minimum Gasteiger partial charge on any atom is -0.365 e. The molecule has 132 valence electrons. The first-order chi connectivity index (χ1) is 10.8. The number of amides is 2. The summed E-state index contributed by atoms with van der Waals surface area (Å²) in [7, 11) is 1.92. The van der Waals surface area contributed by atoms with Gasteiger partial charge in [-0.2, -0.15) is 0 Å². The number of morpholine rings is 1. The lowest BCUT2D eigenvalue weighted by Crippen LogP contribution is -2.50. The van der Waals surface area contributed by atoms with Crippen LogP contribution in [0.15, 0.2) is 0 Å². The molecule has 0 aromatic carbocycles. The monoisotopic (exact) mass is 325 g/mol. The lowest BCUT2D eigenvalue weighted by Gasteiger charge is -2.37. The van der Waals surface area contributed by atoms with Gasteiger partial charge in [0.1, 0.15) is 6.61 Å². The molecule has 6 nitrogen and oxygen atoms in total. The Balaban J connectivity index is 1.69. The highest BCUT2D eigenvalue weighted by Crippen LogP contribution is 2.22. The predicted octanol–water partition coefficient (Wildman–Crippen LogP) is 0.718. The van der Waals surface area contributed by atoms with Gasteiger partial charge >= 0.3 is 0 Å². The van der Waals surface area contributed by atoms with Crippen molar-refractivity contribution in [2.75, 3.05) is 46.4 Å². The van der Waals surface area contributed by atoms with E-state index in [9.17, 15) is 9.59 Å². The van der Waals surface area contributed by atoms with E-state index in [0.717, 1.165) is 39.0 Å². The Hall–Kier alpha value is -1.14. The van der Waals surface area contributed by atoms with E-state index in [1.54, 1.807) is 0 Å². The van der Waals surface area contributed by atoms with Crippen LogP contribution in [0.25, 0.3) is 0 Å². The number of nitrogens with zero attached hydrogens (tertiary/aromatic N) is 2. The maximum Gasteiger partial charge on any atom is 0.246 e. The van der Waals surface area contributed by atoms with Crippen molar-refractivity contribution in [3.63, 3.8) is 0 Å². The summed E-state index contributed by atoms with van der Waals surface area (Å²) in [4.78, 5) is 27.6. The maximum atomic E-state index is 12.3. The highest BCUT2D eigenvalue weighted by molar-refractivity contribution is 5.81. The number of ether oxygens (including phenoxy) is 1. The van der Waals surface area contributed by atoms with Crippen LogP contribution in [0.5, 0.6) is 0 Å². The molecule has 1 unspecified atom stereocenters. The van der Waals surface area contributed by atoms with Crippen molar-refractivity contribution in [3.8, 4) is 0 Å². The normalized spacial score (nSPS) is 24.3. The van der Waals surface area contributed by atoms with Gasteiger partial charge in [0.2, 0.25) is 11.8 Å². The Morgan fingerprint density at radius 1 is 1.35 bits per heavy atom. The van der Waals surface area contributed by atoms with Gasteiger partial charge in [0.15, 0.2) is 0 Å². The van der Waals surface area contributed by atoms with Crippen molar-refractivity contribution in [1.82, 2.24) is 15.1 Å². The summed E-state index contributed by atoms with van der Waals surface area (Å²) in [6, 6.07) is 0. The van der Waals surface area contributed by atoms with E-state index < -0.39 is 0 Å². The fraction of sp³-hybridized carbons (Fsp3) is 0.882. The first-order valence-corrected chi connectivity index (χ1v) is 8.62. The highest BCUT2D eigenvalue weighted by atomic mass is 16.5. The standard InChI is InChI=1S/C17H31N3O3/c1-17(2,3)16(22)19(4)10-13-5-7-20(8-6-13)11-14-9-18-15(21)12-23-14/h13-14H,5-12H2,1-4H3,(H,18,21). The average Bonchev–Trinajstić information content (AvgIpc) is 2.50. The van der Waals surface area contributed by atoms with Crippen LogP contribution in [0.2, 0.25) is 0 Å². The third-order valence-corrected chi connectivity index (χ3v) is 4.67. The van der Waals surface area contributed by atoms with Gasteiger partial charge in [-0.3, -0.25) is 9.59 Å². The lowest BCUT2D eigenvalue weighted by molar-refractivity contribution is -0.139. The van der Waals surface area contributed by atoms with Gasteiger partial charge in [0, 0.05) is 32.1 Å². The first kappa shape index (κ1) is 18.2. The van der Waals surface area contributed by atoms with Crippen LogP contribution in [0.1, 0.15) is 33.6 Å². The zero-order chi connectivity index (χ0) is 17.0. The number of hydrogen-bond donors (Lipinski definition) is 1. The van der Waals surface area contributed by atoms with Gasteiger partial charge in [-0.05, 0) is 31.8 Å². The summed E-state index contributed by atoms with van der Waals surface area (Å²) in [6.45, 7) is 10.5. The van der Waals surface area contributed by atoms with E-state index in [-0.39, 0.29) is 29.9 Å². The molecule has 23 heavy (non-hydrogen) atoms. The number of piperidine rings is 1. The molecule has 0 spiro atoms. The van der Waals surface area contributed by atoms with Crippen molar-refractivity contribution in [2.24, 2.45) is 11.3 Å². The van der Waals surface area contributed by atoms with Crippen molar-refractivity contribution in [2.45, 2.75) is 39.7 Å². The summed E-state index contributed by atoms with van der Waals surface area (Å²) in [5, 5.41) is 2.85. The molecule has 2 fully saturated rings.